The maximum atomic E-state index is 12.3. The summed E-state index contributed by atoms with van der Waals surface area (Å²) < 4.78 is 0. The van der Waals surface area contributed by atoms with Gasteiger partial charge >= 0.3 is 0 Å². The number of anilines is 2. The number of nitrogens with one attached hydrogen (secondary N) is 2. The molecule has 5 heteroatoms. The lowest BCUT2D eigenvalue weighted by atomic mass is 10.1. The Bertz CT molecular complexity index is 875. The zero-order valence-corrected chi connectivity index (χ0v) is 14.4. The maximum absolute atomic E-state index is 12.3. The first-order valence-electron chi connectivity index (χ1n) is 7.77. The number of hydrogen-bond donors (Lipinski definition) is 2. The zero-order chi connectivity index (χ0) is 18.4. The molecule has 0 saturated heterocycles. The van der Waals surface area contributed by atoms with E-state index in [9.17, 15) is 14.9 Å². The highest BCUT2D eigenvalue weighted by molar-refractivity contribution is 6.09. The molecule has 5 nitrogen and oxygen atoms in total. The second-order valence-electron chi connectivity index (χ2n) is 5.73. The standard InChI is InChI=1S/C20H19N3O2/c1-13-4-7-19(10-14(13)2)23-20(25)17(12-21)11-16-5-8-18(9-6-16)22-15(3)24/h4-11H,1-3H3,(H,22,24)(H,23,25)/b17-11+. The molecule has 0 saturated carbocycles. The van der Waals surface area contributed by atoms with Gasteiger partial charge in [-0.3, -0.25) is 9.59 Å². The summed E-state index contributed by atoms with van der Waals surface area (Å²) in [6, 6.07) is 14.4. The molecule has 25 heavy (non-hydrogen) atoms. The largest absolute Gasteiger partial charge is 0.326 e. The van der Waals surface area contributed by atoms with Gasteiger partial charge in [-0.2, -0.15) is 5.26 Å². The van der Waals surface area contributed by atoms with Crippen molar-refractivity contribution in [3.05, 3.63) is 64.7 Å². The maximum Gasteiger partial charge on any atom is 0.266 e. The van der Waals surface area contributed by atoms with E-state index in [0.29, 0.717) is 16.9 Å². The van der Waals surface area contributed by atoms with E-state index in [-0.39, 0.29) is 11.5 Å². The summed E-state index contributed by atoms with van der Waals surface area (Å²) in [4.78, 5) is 23.3. The molecule has 0 aromatic heterocycles. The van der Waals surface area contributed by atoms with Gasteiger partial charge in [0, 0.05) is 18.3 Å². The van der Waals surface area contributed by atoms with Crippen LogP contribution in [0.4, 0.5) is 11.4 Å². The third kappa shape index (κ3) is 5.05. The van der Waals surface area contributed by atoms with Gasteiger partial charge in [-0.1, -0.05) is 18.2 Å². The van der Waals surface area contributed by atoms with Crippen molar-refractivity contribution in [1.82, 2.24) is 0 Å². The minimum Gasteiger partial charge on any atom is -0.326 e. The number of nitrogens with zero attached hydrogens (tertiary/aromatic N) is 1. The van der Waals surface area contributed by atoms with Gasteiger partial charge in [0.1, 0.15) is 11.6 Å². The lowest BCUT2D eigenvalue weighted by Crippen LogP contribution is -2.13. The summed E-state index contributed by atoms with van der Waals surface area (Å²) in [6.07, 6.45) is 1.51. The van der Waals surface area contributed by atoms with Crippen LogP contribution in [0.25, 0.3) is 6.08 Å². The second kappa shape index (κ2) is 7.93. The Kier molecular flexibility index (Phi) is 5.70. The molecular weight excluding hydrogens is 314 g/mol. The summed E-state index contributed by atoms with van der Waals surface area (Å²) >= 11 is 0. The molecule has 0 fully saturated rings. The van der Waals surface area contributed by atoms with Crippen LogP contribution in [-0.4, -0.2) is 11.8 Å². The fourth-order valence-electron chi connectivity index (χ4n) is 2.20. The molecule has 0 spiro atoms. The fourth-order valence-corrected chi connectivity index (χ4v) is 2.20. The van der Waals surface area contributed by atoms with Crippen LogP contribution in [0, 0.1) is 25.2 Å². The highest BCUT2D eigenvalue weighted by Crippen LogP contribution is 2.16. The zero-order valence-electron chi connectivity index (χ0n) is 14.4. The smallest absolute Gasteiger partial charge is 0.266 e. The first kappa shape index (κ1) is 18.0. The Labute approximate surface area is 147 Å². The van der Waals surface area contributed by atoms with Gasteiger partial charge in [0.15, 0.2) is 0 Å². The van der Waals surface area contributed by atoms with Crippen molar-refractivity contribution in [2.75, 3.05) is 10.6 Å². The highest BCUT2D eigenvalue weighted by atomic mass is 16.2. The molecule has 2 aromatic rings. The lowest BCUT2D eigenvalue weighted by molar-refractivity contribution is -0.114. The monoisotopic (exact) mass is 333 g/mol. The molecule has 2 N–H and O–H groups in total. The van der Waals surface area contributed by atoms with Crippen molar-refractivity contribution < 1.29 is 9.59 Å². The van der Waals surface area contributed by atoms with E-state index in [1.165, 1.54) is 13.0 Å². The summed E-state index contributed by atoms with van der Waals surface area (Å²) in [6.45, 7) is 5.38. The van der Waals surface area contributed by atoms with Crippen molar-refractivity contribution in [2.24, 2.45) is 0 Å². The number of aryl methyl sites for hydroxylation is 2. The van der Waals surface area contributed by atoms with Crippen molar-refractivity contribution in [1.29, 1.82) is 5.26 Å². The minimum atomic E-state index is -0.461. The van der Waals surface area contributed by atoms with Crippen LogP contribution in [-0.2, 0) is 9.59 Å². The summed E-state index contributed by atoms with van der Waals surface area (Å²) in [7, 11) is 0. The second-order valence-corrected chi connectivity index (χ2v) is 5.73. The van der Waals surface area contributed by atoms with Crippen LogP contribution in [0.15, 0.2) is 48.0 Å². The molecule has 2 aromatic carbocycles. The van der Waals surface area contributed by atoms with Gasteiger partial charge in [0.25, 0.3) is 5.91 Å². The van der Waals surface area contributed by atoms with Crippen LogP contribution in [0.1, 0.15) is 23.6 Å². The van der Waals surface area contributed by atoms with Gasteiger partial charge in [0.05, 0.1) is 0 Å². The minimum absolute atomic E-state index is 0.00510. The van der Waals surface area contributed by atoms with E-state index in [4.69, 9.17) is 0 Å². The van der Waals surface area contributed by atoms with Gasteiger partial charge < -0.3 is 10.6 Å². The molecule has 0 heterocycles. The van der Waals surface area contributed by atoms with Crippen molar-refractivity contribution in [3.8, 4) is 6.07 Å². The molecule has 2 amide bonds. The predicted octanol–water partition coefficient (Wildman–Crippen LogP) is 3.81. The number of carbonyl (C=O) groups excluding carboxylic acids is 2. The average Bonchev–Trinajstić information content (AvgIpc) is 2.57. The number of carbonyl (C=O) groups is 2. The topological polar surface area (TPSA) is 82.0 Å². The van der Waals surface area contributed by atoms with E-state index in [1.807, 2.05) is 32.0 Å². The number of benzene rings is 2. The Morgan fingerprint density at radius 3 is 2.16 bits per heavy atom. The highest BCUT2D eigenvalue weighted by Gasteiger charge is 2.10. The van der Waals surface area contributed by atoms with E-state index in [0.717, 1.165) is 11.1 Å². The normalized spacial score (nSPS) is 10.7. The predicted molar refractivity (Wildman–Crippen MR) is 98.9 cm³/mol. The summed E-state index contributed by atoms with van der Waals surface area (Å²) in [5, 5.41) is 14.7. The summed E-state index contributed by atoms with van der Waals surface area (Å²) in [5.74, 6) is -0.620. The molecule has 0 atom stereocenters. The number of amides is 2. The number of hydrogen-bond acceptors (Lipinski definition) is 3. The Hall–Kier alpha value is -3.39. The first-order valence-corrected chi connectivity index (χ1v) is 7.77. The van der Waals surface area contributed by atoms with Crippen LogP contribution in [0.2, 0.25) is 0 Å². The van der Waals surface area contributed by atoms with Crippen LogP contribution in [0.3, 0.4) is 0 Å². The molecule has 2 rings (SSSR count). The lowest BCUT2D eigenvalue weighted by Gasteiger charge is -2.07. The fraction of sp³-hybridized carbons (Fsp3) is 0.150. The van der Waals surface area contributed by atoms with Gasteiger partial charge in [-0.05, 0) is 60.9 Å². The van der Waals surface area contributed by atoms with Gasteiger partial charge in [0.2, 0.25) is 5.91 Å². The van der Waals surface area contributed by atoms with E-state index < -0.39 is 5.91 Å². The molecule has 0 aliphatic rings. The van der Waals surface area contributed by atoms with Crippen molar-refractivity contribution >= 4 is 29.3 Å². The number of rotatable bonds is 4. The van der Waals surface area contributed by atoms with Crippen LogP contribution in [0.5, 0.6) is 0 Å². The SMILES string of the molecule is CC(=O)Nc1ccc(/C=C(\C#N)C(=O)Nc2ccc(C)c(C)c2)cc1. The van der Waals surface area contributed by atoms with Crippen molar-refractivity contribution in [3.63, 3.8) is 0 Å². The Morgan fingerprint density at radius 1 is 0.960 bits per heavy atom. The Balaban J connectivity index is 2.15. The van der Waals surface area contributed by atoms with E-state index in [1.54, 1.807) is 30.3 Å². The number of nitriles is 1. The summed E-state index contributed by atoms with van der Waals surface area (Å²) in [5.41, 5.74) is 4.20. The van der Waals surface area contributed by atoms with Gasteiger partial charge in [-0.15, -0.1) is 0 Å². The molecule has 0 aliphatic carbocycles. The van der Waals surface area contributed by atoms with Gasteiger partial charge in [-0.25, -0.2) is 0 Å². The molecule has 126 valence electrons. The van der Waals surface area contributed by atoms with Crippen molar-refractivity contribution in [2.45, 2.75) is 20.8 Å². The van der Waals surface area contributed by atoms with E-state index in [2.05, 4.69) is 10.6 Å². The molecule has 0 bridgehead atoms. The molecular formula is C20H19N3O2. The molecule has 0 radical (unpaired) electrons. The van der Waals surface area contributed by atoms with Crippen LogP contribution < -0.4 is 10.6 Å². The third-order valence-electron chi connectivity index (χ3n) is 3.67. The molecule has 0 aliphatic heterocycles. The average molecular weight is 333 g/mol. The first-order chi connectivity index (χ1) is 11.9. The third-order valence-corrected chi connectivity index (χ3v) is 3.67. The quantitative estimate of drug-likeness (QED) is 0.659. The molecule has 0 unspecified atom stereocenters. The van der Waals surface area contributed by atoms with Crippen LogP contribution >= 0.6 is 0 Å². The van der Waals surface area contributed by atoms with E-state index >= 15 is 0 Å². The Morgan fingerprint density at radius 2 is 1.60 bits per heavy atom.